The van der Waals surface area contributed by atoms with E-state index in [0.717, 1.165) is 5.39 Å². The smallest absolute Gasteiger partial charge is 0.224 e. The molecule has 0 saturated carbocycles. The van der Waals surface area contributed by atoms with Crippen LogP contribution in [0, 0.1) is 5.41 Å². The second kappa shape index (κ2) is 1.70. The van der Waals surface area contributed by atoms with E-state index < -0.39 is 0 Å². The third-order valence-electron chi connectivity index (χ3n) is 1.26. The van der Waals surface area contributed by atoms with Crippen molar-refractivity contribution in [1.29, 1.82) is 5.41 Å². The number of hydrogen-bond donors (Lipinski definition) is 2. The van der Waals surface area contributed by atoms with Crippen molar-refractivity contribution in [2.45, 2.75) is 0 Å². The Hall–Kier alpha value is -1.58. The third-order valence-corrected chi connectivity index (χ3v) is 1.26. The molecule has 4 heteroatoms. The first-order chi connectivity index (χ1) is 4.86. The lowest BCUT2D eigenvalue weighted by atomic mass is 10.4. The molecule has 2 heterocycles. The van der Waals surface area contributed by atoms with Gasteiger partial charge in [0.05, 0.1) is 11.6 Å². The Bertz CT molecular complexity index is 400. The fraction of sp³-hybridized carbons (Fsp3) is 0. The summed E-state index contributed by atoms with van der Waals surface area (Å²) >= 11 is 0. The minimum atomic E-state index is 0.136. The number of rotatable bonds is 0. The van der Waals surface area contributed by atoms with Crippen LogP contribution in [0.15, 0.2) is 22.7 Å². The molecule has 0 radical (unpaired) electrons. The Morgan fingerprint density at radius 2 is 2.40 bits per heavy atom. The van der Waals surface area contributed by atoms with Gasteiger partial charge in [0.1, 0.15) is 0 Å². The highest BCUT2D eigenvalue weighted by molar-refractivity contribution is 5.70. The fourth-order valence-electron chi connectivity index (χ4n) is 0.794. The highest BCUT2D eigenvalue weighted by Crippen LogP contribution is 2.04. The first-order valence-corrected chi connectivity index (χ1v) is 2.84. The maximum atomic E-state index is 7.10. The van der Waals surface area contributed by atoms with Crippen LogP contribution in [-0.4, -0.2) is 10.2 Å². The van der Waals surface area contributed by atoms with Gasteiger partial charge in [-0.1, -0.05) is 0 Å². The molecule has 0 aliphatic rings. The summed E-state index contributed by atoms with van der Waals surface area (Å²) in [5.41, 5.74) is 0.684. The van der Waals surface area contributed by atoms with Crippen LogP contribution in [0.25, 0.3) is 11.1 Å². The van der Waals surface area contributed by atoms with E-state index in [-0.39, 0.29) is 5.55 Å². The first kappa shape index (κ1) is 5.22. The first-order valence-electron chi connectivity index (χ1n) is 2.84. The van der Waals surface area contributed by atoms with E-state index in [1.165, 1.54) is 0 Å². The van der Waals surface area contributed by atoms with E-state index in [4.69, 9.17) is 9.83 Å². The van der Waals surface area contributed by atoms with Gasteiger partial charge >= 0.3 is 0 Å². The van der Waals surface area contributed by atoms with E-state index in [2.05, 4.69) is 10.2 Å². The zero-order valence-corrected chi connectivity index (χ0v) is 5.09. The van der Waals surface area contributed by atoms with Gasteiger partial charge in [0.2, 0.25) is 11.3 Å². The minimum absolute atomic E-state index is 0.136. The molecule has 0 aromatic carbocycles. The van der Waals surface area contributed by atoms with Crippen LogP contribution in [0.3, 0.4) is 0 Å². The van der Waals surface area contributed by atoms with Crippen LogP contribution in [0.4, 0.5) is 0 Å². The van der Waals surface area contributed by atoms with Crippen LogP contribution in [0.1, 0.15) is 0 Å². The Morgan fingerprint density at radius 1 is 1.50 bits per heavy atom. The quantitative estimate of drug-likeness (QED) is 0.556. The van der Waals surface area contributed by atoms with Crippen molar-refractivity contribution in [3.63, 3.8) is 0 Å². The summed E-state index contributed by atoms with van der Waals surface area (Å²) in [4.78, 5) is 0. The second-order valence-corrected chi connectivity index (χ2v) is 1.95. The van der Waals surface area contributed by atoms with Gasteiger partial charge in [-0.05, 0) is 6.07 Å². The molecule has 0 atom stereocenters. The molecule has 2 rings (SSSR count). The zero-order valence-electron chi connectivity index (χ0n) is 5.09. The lowest BCUT2D eigenvalue weighted by Crippen LogP contribution is -1.93. The molecule has 2 N–H and O–H groups in total. The summed E-state index contributed by atoms with van der Waals surface area (Å²) in [7, 11) is 0. The SMILES string of the molecule is N=c1ccc2cn[nH]c2o1. The molecule has 4 nitrogen and oxygen atoms in total. The molecule has 0 bridgehead atoms. The van der Waals surface area contributed by atoms with Gasteiger partial charge in [-0.3, -0.25) is 5.41 Å². The Morgan fingerprint density at radius 3 is 3.30 bits per heavy atom. The van der Waals surface area contributed by atoms with Gasteiger partial charge in [0.25, 0.3) is 0 Å². The lowest BCUT2D eigenvalue weighted by Gasteiger charge is -1.83. The van der Waals surface area contributed by atoms with Gasteiger partial charge in [0.15, 0.2) is 0 Å². The van der Waals surface area contributed by atoms with E-state index >= 15 is 0 Å². The van der Waals surface area contributed by atoms with Gasteiger partial charge in [-0.25, -0.2) is 5.10 Å². The van der Waals surface area contributed by atoms with Crippen molar-refractivity contribution in [2.75, 3.05) is 0 Å². The average molecular weight is 135 g/mol. The molecule has 0 amide bonds. The van der Waals surface area contributed by atoms with Crippen molar-refractivity contribution >= 4 is 11.1 Å². The Labute approximate surface area is 56.0 Å². The molecule has 0 saturated heterocycles. The number of nitrogens with one attached hydrogen (secondary N) is 2. The predicted molar refractivity (Wildman–Crippen MR) is 34.2 cm³/mol. The minimum Gasteiger partial charge on any atom is -0.421 e. The average Bonchev–Trinajstić information content (AvgIpc) is 2.33. The van der Waals surface area contributed by atoms with Gasteiger partial charge < -0.3 is 4.42 Å². The highest BCUT2D eigenvalue weighted by atomic mass is 16.3. The molecule has 2 aromatic rings. The third kappa shape index (κ3) is 0.621. The van der Waals surface area contributed by atoms with Crippen LogP contribution in [-0.2, 0) is 0 Å². The Balaban J connectivity index is 2.99. The Kier molecular flexibility index (Phi) is 0.887. The highest BCUT2D eigenvalue weighted by Gasteiger charge is 1.93. The van der Waals surface area contributed by atoms with Crippen LogP contribution >= 0.6 is 0 Å². The lowest BCUT2D eigenvalue weighted by molar-refractivity contribution is 0.522. The molecule has 10 heavy (non-hydrogen) atoms. The molecule has 0 spiro atoms. The van der Waals surface area contributed by atoms with E-state index in [0.29, 0.717) is 5.71 Å². The summed E-state index contributed by atoms with van der Waals surface area (Å²) in [6.07, 6.45) is 1.65. The molecule has 0 aliphatic heterocycles. The summed E-state index contributed by atoms with van der Waals surface area (Å²) in [5.74, 6) is 0. The number of fused-ring (bicyclic) bond motifs is 1. The topological polar surface area (TPSA) is 65.7 Å². The van der Waals surface area contributed by atoms with Crippen molar-refractivity contribution in [1.82, 2.24) is 10.2 Å². The van der Waals surface area contributed by atoms with Crippen LogP contribution in [0.5, 0.6) is 0 Å². The van der Waals surface area contributed by atoms with Crippen LogP contribution in [0.2, 0.25) is 0 Å². The van der Waals surface area contributed by atoms with Crippen molar-refractivity contribution in [3.05, 3.63) is 23.9 Å². The summed E-state index contributed by atoms with van der Waals surface area (Å²) in [6, 6.07) is 3.36. The van der Waals surface area contributed by atoms with Crippen molar-refractivity contribution in [3.8, 4) is 0 Å². The maximum absolute atomic E-state index is 7.10. The second-order valence-electron chi connectivity index (χ2n) is 1.95. The van der Waals surface area contributed by atoms with Gasteiger partial charge in [-0.15, -0.1) is 0 Å². The number of aromatic amines is 1. The number of aromatic nitrogens is 2. The van der Waals surface area contributed by atoms with Crippen molar-refractivity contribution in [2.24, 2.45) is 0 Å². The summed E-state index contributed by atoms with van der Waals surface area (Å²) < 4.78 is 4.95. The molecular weight excluding hydrogens is 130 g/mol. The monoisotopic (exact) mass is 135 g/mol. The number of H-pyrrole nitrogens is 1. The standard InChI is InChI=1S/C6H5N3O/c7-5-2-1-4-3-8-9-6(4)10-5/h1-3,7H,(H,8,9). The molecule has 0 unspecified atom stereocenters. The fourth-order valence-corrected chi connectivity index (χ4v) is 0.794. The van der Waals surface area contributed by atoms with Crippen LogP contribution < -0.4 is 5.55 Å². The zero-order chi connectivity index (χ0) is 6.97. The van der Waals surface area contributed by atoms with Gasteiger partial charge in [-0.2, -0.15) is 5.10 Å². The molecule has 0 fully saturated rings. The van der Waals surface area contributed by atoms with E-state index in [9.17, 15) is 0 Å². The number of nitrogens with zero attached hydrogens (tertiary/aromatic N) is 1. The molecule has 0 aliphatic carbocycles. The van der Waals surface area contributed by atoms with E-state index in [1.807, 2.05) is 0 Å². The summed E-state index contributed by atoms with van der Waals surface area (Å²) in [5, 5.41) is 14.4. The largest absolute Gasteiger partial charge is 0.421 e. The van der Waals surface area contributed by atoms with Gasteiger partial charge in [0, 0.05) is 6.07 Å². The molecule has 2 aromatic heterocycles. The molecular formula is C6H5N3O. The number of hydrogen-bond acceptors (Lipinski definition) is 3. The normalized spacial score (nSPS) is 10.4. The van der Waals surface area contributed by atoms with Crippen molar-refractivity contribution < 1.29 is 4.42 Å². The van der Waals surface area contributed by atoms with E-state index in [1.54, 1.807) is 18.3 Å². The predicted octanol–water partition coefficient (Wildman–Crippen LogP) is 0.635. The summed E-state index contributed by atoms with van der Waals surface area (Å²) in [6.45, 7) is 0. The maximum Gasteiger partial charge on any atom is 0.224 e. The molecule has 50 valence electrons.